The number of nitrogens with zero attached hydrogens (tertiary/aromatic N) is 1. The van der Waals surface area contributed by atoms with E-state index in [0.717, 1.165) is 11.3 Å². The van der Waals surface area contributed by atoms with Crippen LogP contribution in [-0.2, 0) is 22.3 Å². The van der Waals surface area contributed by atoms with Crippen molar-refractivity contribution in [3.63, 3.8) is 0 Å². The van der Waals surface area contributed by atoms with E-state index < -0.39 is 29.5 Å². The molecule has 0 aliphatic rings. The Morgan fingerprint density at radius 1 is 1.05 bits per heavy atom. The Morgan fingerprint density at radius 3 is 2.27 bits per heavy atom. The SMILES string of the molecule is CCc1cc2c(=O)c(-c3nc(C)cs3)c([C@@H](Cc3ccc(OC(=O)OC(C)(C)C)cc3)NC(=O)OC(C)(C)C)oc2cc1O. The number of nitrogens with one attached hydrogen (secondary N) is 1. The van der Waals surface area contributed by atoms with Crippen LogP contribution < -0.4 is 15.5 Å². The van der Waals surface area contributed by atoms with Crippen molar-refractivity contribution >= 4 is 34.6 Å². The molecule has 0 spiro atoms. The van der Waals surface area contributed by atoms with Crippen LogP contribution in [0.4, 0.5) is 9.59 Å². The lowest BCUT2D eigenvalue weighted by Gasteiger charge is -2.24. The van der Waals surface area contributed by atoms with Crippen molar-refractivity contribution in [2.45, 2.75) is 85.5 Å². The number of phenols is 1. The Morgan fingerprint density at radius 2 is 1.70 bits per heavy atom. The second kappa shape index (κ2) is 12.7. The van der Waals surface area contributed by atoms with E-state index in [1.165, 1.54) is 17.4 Å². The number of phenolic OH excluding ortho intramolecular Hbond substituents is 1. The fourth-order valence-corrected chi connectivity index (χ4v) is 5.29. The minimum atomic E-state index is -0.883. The maximum atomic E-state index is 14.1. The van der Waals surface area contributed by atoms with Gasteiger partial charge in [0.15, 0.2) is 0 Å². The van der Waals surface area contributed by atoms with Crippen molar-refractivity contribution in [3.05, 3.63) is 74.6 Å². The molecule has 4 aromatic rings. The van der Waals surface area contributed by atoms with Crippen LogP contribution in [0.3, 0.4) is 0 Å². The van der Waals surface area contributed by atoms with Gasteiger partial charge >= 0.3 is 12.2 Å². The largest absolute Gasteiger partial charge is 0.514 e. The Labute approximate surface area is 260 Å². The number of fused-ring (bicyclic) bond motifs is 1. The molecule has 0 fully saturated rings. The number of aryl methyl sites for hydroxylation is 2. The first-order chi connectivity index (χ1) is 20.5. The van der Waals surface area contributed by atoms with Gasteiger partial charge in [-0.1, -0.05) is 19.1 Å². The van der Waals surface area contributed by atoms with E-state index >= 15 is 0 Å². The summed E-state index contributed by atoms with van der Waals surface area (Å²) < 4.78 is 22.4. The minimum Gasteiger partial charge on any atom is -0.508 e. The molecule has 2 heterocycles. The standard InChI is InChI=1S/C33H38N2O8S/c1-9-20-15-22-25(16-24(20)36)41-28(26(27(22)37)29-34-18(2)17-44-29)23(35-30(38)42-32(3,4)5)14-19-10-12-21(13-11-19)40-31(39)43-33(6,7)8/h10-13,15-17,23,36H,9,14H2,1-8H3,(H,35,38)/t23-/m1/s1. The molecule has 1 amide bonds. The van der Waals surface area contributed by atoms with Crippen molar-refractivity contribution in [1.82, 2.24) is 10.3 Å². The number of alkyl carbamates (subject to hydrolysis) is 1. The highest BCUT2D eigenvalue weighted by Crippen LogP contribution is 2.35. The van der Waals surface area contributed by atoms with E-state index in [1.807, 2.05) is 19.2 Å². The van der Waals surface area contributed by atoms with Crippen LogP contribution in [0.1, 0.15) is 77.1 Å². The molecule has 1 atom stereocenters. The highest BCUT2D eigenvalue weighted by Gasteiger charge is 2.29. The summed E-state index contributed by atoms with van der Waals surface area (Å²) in [6.07, 6.45) is -0.840. The molecule has 0 bridgehead atoms. The molecule has 0 aliphatic heterocycles. The van der Waals surface area contributed by atoms with Crippen LogP contribution in [0.15, 0.2) is 51.0 Å². The summed E-state index contributed by atoms with van der Waals surface area (Å²) in [5.74, 6) is 0.447. The van der Waals surface area contributed by atoms with Gasteiger partial charge < -0.3 is 29.1 Å². The normalized spacial score (nSPS) is 12.5. The molecule has 4 rings (SSSR count). The zero-order valence-electron chi connectivity index (χ0n) is 26.2. The first kappa shape index (κ1) is 32.5. The zero-order chi connectivity index (χ0) is 32.4. The summed E-state index contributed by atoms with van der Waals surface area (Å²) in [4.78, 5) is 43.8. The minimum absolute atomic E-state index is 0.00386. The maximum absolute atomic E-state index is 14.1. The van der Waals surface area contributed by atoms with Crippen molar-refractivity contribution in [1.29, 1.82) is 0 Å². The quantitative estimate of drug-likeness (QED) is 0.157. The van der Waals surface area contributed by atoms with Gasteiger partial charge in [0.2, 0.25) is 5.43 Å². The van der Waals surface area contributed by atoms with Gasteiger partial charge in [-0.25, -0.2) is 14.6 Å². The number of thiazole rings is 1. The fraction of sp³-hybridized carbons (Fsp3) is 0.394. The van der Waals surface area contributed by atoms with Crippen LogP contribution in [0.25, 0.3) is 21.5 Å². The van der Waals surface area contributed by atoms with Crippen LogP contribution in [0, 0.1) is 6.92 Å². The Bertz CT molecular complexity index is 1730. The molecule has 10 nitrogen and oxygen atoms in total. The van der Waals surface area contributed by atoms with Crippen molar-refractivity contribution < 1.29 is 33.3 Å². The highest BCUT2D eigenvalue weighted by atomic mass is 32.1. The van der Waals surface area contributed by atoms with Gasteiger partial charge in [0, 0.05) is 23.6 Å². The number of amides is 1. The number of hydrogen-bond donors (Lipinski definition) is 2. The fourth-order valence-electron chi connectivity index (χ4n) is 4.45. The molecular formula is C33H38N2O8S. The van der Waals surface area contributed by atoms with E-state index in [9.17, 15) is 19.5 Å². The third kappa shape index (κ3) is 8.16. The lowest BCUT2D eigenvalue weighted by molar-refractivity contribution is 0.0205. The van der Waals surface area contributed by atoms with Gasteiger partial charge in [-0.05, 0) is 84.2 Å². The lowest BCUT2D eigenvalue weighted by Crippen LogP contribution is -2.36. The van der Waals surface area contributed by atoms with Crippen molar-refractivity contribution in [2.24, 2.45) is 0 Å². The number of hydrogen-bond acceptors (Lipinski definition) is 10. The molecular weight excluding hydrogens is 584 g/mol. The van der Waals surface area contributed by atoms with Crippen molar-refractivity contribution in [2.75, 3.05) is 0 Å². The van der Waals surface area contributed by atoms with Gasteiger partial charge in [0.05, 0.1) is 17.0 Å². The molecule has 0 saturated carbocycles. The third-order valence-electron chi connectivity index (χ3n) is 6.29. The Hall–Kier alpha value is -4.38. The second-order valence-electron chi connectivity index (χ2n) is 12.4. The molecule has 0 saturated heterocycles. The molecule has 2 aromatic carbocycles. The number of rotatable bonds is 7. The van der Waals surface area contributed by atoms with Crippen LogP contribution in [-0.4, -0.2) is 33.5 Å². The molecule has 0 aliphatic carbocycles. The monoisotopic (exact) mass is 622 g/mol. The van der Waals surface area contributed by atoms with Crippen LogP contribution >= 0.6 is 11.3 Å². The van der Waals surface area contributed by atoms with Gasteiger partial charge in [0.25, 0.3) is 0 Å². The number of benzene rings is 2. The number of carbonyl (C=O) groups excluding carboxylic acids is 2. The predicted molar refractivity (Wildman–Crippen MR) is 168 cm³/mol. The Balaban J connectivity index is 1.81. The summed E-state index contributed by atoms with van der Waals surface area (Å²) in [7, 11) is 0. The van der Waals surface area contributed by atoms with Crippen LogP contribution in [0.2, 0.25) is 0 Å². The molecule has 2 aromatic heterocycles. The number of aromatic nitrogens is 1. The van der Waals surface area contributed by atoms with Gasteiger partial charge in [-0.2, -0.15) is 0 Å². The summed E-state index contributed by atoms with van der Waals surface area (Å²) in [6.45, 7) is 14.2. The van der Waals surface area contributed by atoms with E-state index in [4.69, 9.17) is 18.6 Å². The third-order valence-corrected chi connectivity index (χ3v) is 7.27. The summed E-state index contributed by atoms with van der Waals surface area (Å²) >= 11 is 1.29. The summed E-state index contributed by atoms with van der Waals surface area (Å²) in [5, 5.41) is 16.0. The molecule has 0 radical (unpaired) electrons. The average molecular weight is 623 g/mol. The predicted octanol–water partition coefficient (Wildman–Crippen LogP) is 7.62. The van der Waals surface area contributed by atoms with E-state index in [2.05, 4.69) is 10.3 Å². The van der Waals surface area contributed by atoms with E-state index in [0.29, 0.717) is 22.4 Å². The van der Waals surface area contributed by atoms with E-state index in [1.54, 1.807) is 71.9 Å². The molecule has 2 N–H and O–H groups in total. The number of carbonyl (C=O) groups is 2. The maximum Gasteiger partial charge on any atom is 0.514 e. The molecule has 234 valence electrons. The lowest BCUT2D eigenvalue weighted by atomic mass is 9.98. The average Bonchev–Trinajstić information content (AvgIpc) is 3.32. The van der Waals surface area contributed by atoms with Gasteiger partial charge in [0.1, 0.15) is 39.1 Å². The smallest absolute Gasteiger partial charge is 0.508 e. The second-order valence-corrected chi connectivity index (χ2v) is 13.3. The number of ether oxygens (including phenoxy) is 3. The van der Waals surface area contributed by atoms with E-state index in [-0.39, 0.29) is 40.3 Å². The topological polar surface area (TPSA) is 137 Å². The molecule has 11 heteroatoms. The number of aromatic hydroxyl groups is 1. The van der Waals surface area contributed by atoms with Crippen LogP contribution in [0.5, 0.6) is 11.5 Å². The van der Waals surface area contributed by atoms with Gasteiger partial charge in [-0.3, -0.25) is 4.79 Å². The van der Waals surface area contributed by atoms with Gasteiger partial charge in [-0.15, -0.1) is 11.3 Å². The zero-order valence-corrected chi connectivity index (χ0v) is 27.0. The first-order valence-corrected chi connectivity index (χ1v) is 15.2. The summed E-state index contributed by atoms with van der Waals surface area (Å²) in [6, 6.07) is 8.84. The summed E-state index contributed by atoms with van der Waals surface area (Å²) in [5.41, 5.74) is 0.644. The highest BCUT2D eigenvalue weighted by molar-refractivity contribution is 7.13. The molecule has 44 heavy (non-hydrogen) atoms. The first-order valence-electron chi connectivity index (χ1n) is 14.3. The molecule has 0 unspecified atom stereocenters. The Kier molecular flexibility index (Phi) is 9.39. The van der Waals surface area contributed by atoms with Crippen molar-refractivity contribution in [3.8, 4) is 22.1 Å².